The lowest BCUT2D eigenvalue weighted by Gasteiger charge is -2.09. The predicted octanol–water partition coefficient (Wildman–Crippen LogP) is 2.20. The molecule has 1 heterocycles. The van der Waals surface area contributed by atoms with Crippen molar-refractivity contribution >= 4 is 27.7 Å². The number of aromatic nitrogens is 1. The molecule has 4 N–H and O–H groups in total. The Morgan fingerprint density at radius 2 is 2.10 bits per heavy atom. The van der Waals surface area contributed by atoms with Gasteiger partial charge >= 0.3 is 0 Å². The second kappa shape index (κ2) is 6.44. The van der Waals surface area contributed by atoms with Gasteiger partial charge in [-0.2, -0.15) is 0 Å². The fourth-order valence-corrected chi connectivity index (χ4v) is 2.06. The van der Waals surface area contributed by atoms with Gasteiger partial charge in [0, 0.05) is 17.2 Å². The Labute approximate surface area is 123 Å². The number of pyridine rings is 1. The molecule has 0 spiro atoms. The van der Waals surface area contributed by atoms with E-state index in [1.807, 2.05) is 24.3 Å². The van der Waals surface area contributed by atoms with E-state index in [9.17, 15) is 9.18 Å². The molecule has 2 rings (SSSR count). The van der Waals surface area contributed by atoms with E-state index in [-0.39, 0.29) is 17.9 Å². The summed E-state index contributed by atoms with van der Waals surface area (Å²) >= 11 is 3.38. The number of nitrogen functional groups attached to an aromatic ring is 1. The molecule has 0 radical (unpaired) electrons. The molecule has 7 heteroatoms. The van der Waals surface area contributed by atoms with Crippen LogP contribution in [0, 0.1) is 5.82 Å². The maximum absolute atomic E-state index is 13.9. The molecule has 0 saturated carbocycles. The number of nitrogens with two attached hydrogens (primary N) is 1. The molecule has 0 fully saturated rings. The maximum atomic E-state index is 13.9. The number of halogens is 2. The fourth-order valence-electron chi connectivity index (χ4n) is 1.63. The zero-order valence-corrected chi connectivity index (χ0v) is 11.9. The minimum Gasteiger partial charge on any atom is -0.348 e. The molecule has 0 aliphatic heterocycles. The number of nitrogens with one attached hydrogen (secondary N) is 2. The first-order chi connectivity index (χ1) is 9.63. The van der Waals surface area contributed by atoms with Crippen LogP contribution in [0.4, 0.5) is 10.2 Å². The molecule has 1 aromatic heterocycles. The second-order valence-electron chi connectivity index (χ2n) is 3.94. The number of rotatable bonds is 4. The molecule has 2 aromatic rings. The van der Waals surface area contributed by atoms with Crippen molar-refractivity contribution < 1.29 is 9.18 Å². The summed E-state index contributed by atoms with van der Waals surface area (Å²) in [7, 11) is 0. The van der Waals surface area contributed by atoms with E-state index in [4.69, 9.17) is 5.84 Å². The first-order valence-corrected chi connectivity index (χ1v) is 6.55. The van der Waals surface area contributed by atoms with Crippen LogP contribution in [0.15, 0.2) is 41.0 Å². The van der Waals surface area contributed by atoms with Gasteiger partial charge in [0.15, 0.2) is 11.6 Å². The Morgan fingerprint density at radius 1 is 1.35 bits per heavy atom. The number of nitrogens with zero attached hydrogens (tertiary/aromatic N) is 1. The summed E-state index contributed by atoms with van der Waals surface area (Å²) in [6, 6.07) is 8.75. The lowest BCUT2D eigenvalue weighted by molar-refractivity contribution is 0.0946. The van der Waals surface area contributed by atoms with Crippen LogP contribution in [0.2, 0.25) is 0 Å². The minimum atomic E-state index is -0.778. The van der Waals surface area contributed by atoms with E-state index < -0.39 is 11.7 Å². The largest absolute Gasteiger partial charge is 0.348 e. The number of carbonyl (C=O) groups excluding carboxylic acids is 1. The highest BCUT2D eigenvalue weighted by Gasteiger charge is 2.15. The Balaban J connectivity index is 2.12. The topological polar surface area (TPSA) is 80.0 Å². The van der Waals surface area contributed by atoms with Crippen molar-refractivity contribution in [2.45, 2.75) is 6.54 Å². The quantitative estimate of drug-likeness (QED) is 0.589. The van der Waals surface area contributed by atoms with Gasteiger partial charge in [-0.1, -0.05) is 34.1 Å². The molecule has 1 aromatic carbocycles. The van der Waals surface area contributed by atoms with Gasteiger partial charge in [-0.05, 0) is 17.7 Å². The SMILES string of the molecule is NNc1nccc(C(=O)NCc2ccccc2Br)c1F. The minimum absolute atomic E-state index is 0.111. The normalized spacial score (nSPS) is 10.2. The van der Waals surface area contributed by atoms with Gasteiger partial charge in [0.1, 0.15) is 0 Å². The standard InChI is InChI=1S/C13H12BrFN4O/c14-10-4-2-1-3-8(10)7-18-13(20)9-5-6-17-12(19-16)11(9)15/h1-6H,7,16H2,(H,17,19)(H,18,20). The molecule has 0 bridgehead atoms. The van der Waals surface area contributed by atoms with Crippen LogP contribution < -0.4 is 16.6 Å². The third-order valence-electron chi connectivity index (χ3n) is 2.67. The van der Waals surface area contributed by atoms with E-state index in [0.717, 1.165) is 10.0 Å². The molecule has 0 atom stereocenters. The number of anilines is 1. The van der Waals surface area contributed by atoms with E-state index in [1.54, 1.807) is 0 Å². The lowest BCUT2D eigenvalue weighted by Crippen LogP contribution is -2.25. The highest BCUT2D eigenvalue weighted by Crippen LogP contribution is 2.17. The zero-order chi connectivity index (χ0) is 14.5. The van der Waals surface area contributed by atoms with E-state index in [2.05, 4.69) is 31.7 Å². The van der Waals surface area contributed by atoms with Gasteiger partial charge in [-0.3, -0.25) is 4.79 Å². The summed E-state index contributed by atoms with van der Waals surface area (Å²) in [6.45, 7) is 0.285. The zero-order valence-electron chi connectivity index (χ0n) is 10.4. The molecule has 104 valence electrons. The first-order valence-electron chi connectivity index (χ1n) is 5.76. The molecule has 20 heavy (non-hydrogen) atoms. The van der Waals surface area contributed by atoms with Crippen molar-refractivity contribution in [1.82, 2.24) is 10.3 Å². The lowest BCUT2D eigenvalue weighted by atomic mass is 10.2. The molecule has 0 unspecified atom stereocenters. The monoisotopic (exact) mass is 338 g/mol. The highest BCUT2D eigenvalue weighted by molar-refractivity contribution is 9.10. The summed E-state index contributed by atoms with van der Waals surface area (Å²) in [6.07, 6.45) is 1.31. The third-order valence-corrected chi connectivity index (χ3v) is 3.44. The van der Waals surface area contributed by atoms with Crippen molar-refractivity contribution in [3.63, 3.8) is 0 Å². The molecule has 0 aliphatic rings. The van der Waals surface area contributed by atoms with Crippen LogP contribution >= 0.6 is 15.9 Å². The van der Waals surface area contributed by atoms with Gasteiger partial charge < -0.3 is 10.7 Å². The Bertz CT molecular complexity index is 636. The molecule has 1 amide bonds. The number of hydrogen-bond acceptors (Lipinski definition) is 4. The van der Waals surface area contributed by atoms with Crippen molar-refractivity contribution in [1.29, 1.82) is 0 Å². The molecular formula is C13H12BrFN4O. The van der Waals surface area contributed by atoms with Gasteiger partial charge in [0.25, 0.3) is 5.91 Å². The molecule has 0 aliphatic carbocycles. The van der Waals surface area contributed by atoms with Crippen LogP contribution in [0.3, 0.4) is 0 Å². The molecule has 0 saturated heterocycles. The smallest absolute Gasteiger partial charge is 0.254 e. The van der Waals surface area contributed by atoms with E-state index in [0.29, 0.717) is 0 Å². The van der Waals surface area contributed by atoms with Crippen molar-refractivity contribution in [3.05, 3.63) is 57.9 Å². The van der Waals surface area contributed by atoms with Gasteiger partial charge in [0.2, 0.25) is 0 Å². The summed E-state index contributed by atoms with van der Waals surface area (Å²) in [5.41, 5.74) is 2.88. The average molecular weight is 339 g/mol. The number of benzene rings is 1. The van der Waals surface area contributed by atoms with Gasteiger partial charge in [0.05, 0.1) is 5.56 Å². The van der Waals surface area contributed by atoms with E-state index >= 15 is 0 Å². The third kappa shape index (κ3) is 3.12. The Hall–Kier alpha value is -1.99. The average Bonchev–Trinajstić information content (AvgIpc) is 2.46. The number of hydrazine groups is 1. The number of carbonyl (C=O) groups is 1. The maximum Gasteiger partial charge on any atom is 0.254 e. The molecular weight excluding hydrogens is 327 g/mol. The van der Waals surface area contributed by atoms with Crippen LogP contribution in [0.1, 0.15) is 15.9 Å². The van der Waals surface area contributed by atoms with Crippen LogP contribution in [-0.4, -0.2) is 10.9 Å². The number of amides is 1. The highest BCUT2D eigenvalue weighted by atomic mass is 79.9. The Kier molecular flexibility index (Phi) is 4.65. The van der Waals surface area contributed by atoms with Crippen molar-refractivity contribution in [2.24, 2.45) is 5.84 Å². The van der Waals surface area contributed by atoms with Gasteiger partial charge in [-0.15, -0.1) is 0 Å². The Morgan fingerprint density at radius 3 is 2.80 bits per heavy atom. The second-order valence-corrected chi connectivity index (χ2v) is 4.79. The van der Waals surface area contributed by atoms with Crippen molar-refractivity contribution in [3.8, 4) is 0 Å². The summed E-state index contributed by atoms with van der Waals surface area (Å²) < 4.78 is 14.7. The summed E-state index contributed by atoms with van der Waals surface area (Å²) in [5, 5.41) is 2.64. The van der Waals surface area contributed by atoms with Crippen LogP contribution in [0.5, 0.6) is 0 Å². The molecule has 5 nitrogen and oxygen atoms in total. The van der Waals surface area contributed by atoms with Crippen molar-refractivity contribution in [2.75, 3.05) is 5.43 Å². The first kappa shape index (κ1) is 14.4. The van der Waals surface area contributed by atoms with Crippen LogP contribution in [0.25, 0.3) is 0 Å². The summed E-state index contributed by atoms with van der Waals surface area (Å²) in [5.74, 6) is 3.64. The fraction of sp³-hybridized carbons (Fsp3) is 0.0769. The van der Waals surface area contributed by atoms with E-state index in [1.165, 1.54) is 12.3 Å². The number of hydrogen-bond donors (Lipinski definition) is 3. The van der Waals surface area contributed by atoms with Crippen LogP contribution in [-0.2, 0) is 6.54 Å². The predicted molar refractivity (Wildman–Crippen MR) is 77.3 cm³/mol. The summed E-state index contributed by atoms with van der Waals surface area (Å²) in [4.78, 5) is 15.6. The van der Waals surface area contributed by atoms with Gasteiger partial charge in [-0.25, -0.2) is 15.2 Å².